The molecule has 0 bridgehead atoms. The molecular formula is C4H10BO3Si. The number of rotatable bonds is 4. The van der Waals surface area contributed by atoms with E-state index in [9.17, 15) is 0 Å². The topological polar surface area (TPSA) is 38.7 Å². The van der Waals surface area contributed by atoms with Crippen LogP contribution in [0.3, 0.4) is 0 Å². The molecule has 0 saturated carbocycles. The SMILES string of the molecule is C=C[Si](C)(OC)O[B]O. The van der Waals surface area contributed by atoms with Gasteiger partial charge < -0.3 is 13.8 Å². The molecule has 0 aromatic carbocycles. The van der Waals surface area contributed by atoms with Gasteiger partial charge in [0.05, 0.1) is 0 Å². The molecule has 0 saturated heterocycles. The quantitative estimate of drug-likeness (QED) is 0.564. The van der Waals surface area contributed by atoms with Crippen LogP contribution in [-0.4, -0.2) is 28.4 Å². The van der Waals surface area contributed by atoms with Gasteiger partial charge >= 0.3 is 16.2 Å². The van der Waals surface area contributed by atoms with Gasteiger partial charge in [-0.3, -0.25) is 0 Å². The van der Waals surface area contributed by atoms with E-state index in [1.54, 1.807) is 12.2 Å². The van der Waals surface area contributed by atoms with E-state index in [0.717, 1.165) is 0 Å². The standard InChI is InChI=1S/C4H10BO3Si/c1-4-9(3,7-2)8-5-6/h4,6H,1H2,2-3H3. The van der Waals surface area contributed by atoms with Crippen LogP contribution in [0.15, 0.2) is 12.3 Å². The van der Waals surface area contributed by atoms with Crippen molar-refractivity contribution in [1.29, 1.82) is 0 Å². The minimum Gasteiger partial charge on any atom is -0.432 e. The van der Waals surface area contributed by atoms with Gasteiger partial charge in [-0.25, -0.2) is 0 Å². The fourth-order valence-electron chi connectivity index (χ4n) is 0.284. The van der Waals surface area contributed by atoms with Crippen molar-refractivity contribution in [3.8, 4) is 0 Å². The molecule has 1 unspecified atom stereocenters. The monoisotopic (exact) mass is 145 g/mol. The molecule has 0 heterocycles. The maximum absolute atomic E-state index is 8.22. The molecule has 9 heavy (non-hydrogen) atoms. The molecule has 0 spiro atoms. The van der Waals surface area contributed by atoms with Crippen molar-refractivity contribution < 1.29 is 13.8 Å². The molecule has 0 aliphatic rings. The molecule has 0 aromatic heterocycles. The van der Waals surface area contributed by atoms with Gasteiger partial charge in [-0.2, -0.15) is 0 Å². The van der Waals surface area contributed by atoms with Crippen LogP contribution in [0.2, 0.25) is 6.55 Å². The van der Waals surface area contributed by atoms with E-state index in [0.29, 0.717) is 7.69 Å². The highest BCUT2D eigenvalue weighted by atomic mass is 28.4. The Morgan fingerprint density at radius 2 is 2.33 bits per heavy atom. The van der Waals surface area contributed by atoms with Crippen molar-refractivity contribution in [3.63, 3.8) is 0 Å². The first-order valence-electron chi connectivity index (χ1n) is 2.51. The molecule has 1 N–H and O–H groups in total. The maximum atomic E-state index is 8.22. The third-order valence-corrected chi connectivity index (χ3v) is 3.19. The lowest BCUT2D eigenvalue weighted by Gasteiger charge is -2.18. The van der Waals surface area contributed by atoms with Gasteiger partial charge in [0.25, 0.3) is 0 Å². The van der Waals surface area contributed by atoms with Crippen LogP contribution in [-0.2, 0) is 8.77 Å². The minimum absolute atomic E-state index is 0.636. The van der Waals surface area contributed by atoms with E-state index in [1.165, 1.54) is 7.11 Å². The summed E-state index contributed by atoms with van der Waals surface area (Å²) in [5, 5.41) is 8.22. The second-order valence-corrected chi connectivity index (χ2v) is 4.73. The van der Waals surface area contributed by atoms with Crippen molar-refractivity contribution in [2.24, 2.45) is 0 Å². The Labute approximate surface area is 56.9 Å². The maximum Gasteiger partial charge on any atom is 0.475 e. The fraction of sp³-hybridized carbons (Fsp3) is 0.500. The predicted molar refractivity (Wildman–Crippen MR) is 37.9 cm³/mol. The van der Waals surface area contributed by atoms with Crippen LogP contribution >= 0.6 is 0 Å². The largest absolute Gasteiger partial charge is 0.475 e. The Hall–Kier alpha value is -0.0982. The molecular weight excluding hydrogens is 135 g/mol. The summed E-state index contributed by atoms with van der Waals surface area (Å²) in [6, 6.07) is 0. The van der Waals surface area contributed by atoms with Gasteiger partial charge in [0.15, 0.2) is 0 Å². The van der Waals surface area contributed by atoms with Crippen molar-refractivity contribution in [3.05, 3.63) is 12.3 Å². The van der Waals surface area contributed by atoms with Crippen LogP contribution in [0, 0.1) is 0 Å². The van der Waals surface area contributed by atoms with Gasteiger partial charge in [-0.15, -0.1) is 6.58 Å². The van der Waals surface area contributed by atoms with E-state index in [1.807, 2.05) is 0 Å². The van der Waals surface area contributed by atoms with Gasteiger partial charge in [-0.1, -0.05) is 5.70 Å². The molecule has 51 valence electrons. The molecule has 0 aromatic rings. The van der Waals surface area contributed by atoms with E-state index >= 15 is 0 Å². The summed E-state index contributed by atoms with van der Waals surface area (Å²) >= 11 is 0. The highest BCUT2D eigenvalue weighted by molar-refractivity contribution is 6.74. The molecule has 1 atom stereocenters. The lowest BCUT2D eigenvalue weighted by Crippen LogP contribution is -2.36. The van der Waals surface area contributed by atoms with Crippen molar-refractivity contribution >= 4 is 16.2 Å². The lowest BCUT2D eigenvalue weighted by atomic mass is 10.4. The summed E-state index contributed by atoms with van der Waals surface area (Å²) in [4.78, 5) is 0. The highest BCUT2D eigenvalue weighted by Crippen LogP contribution is 2.03. The molecule has 0 aliphatic carbocycles. The van der Waals surface area contributed by atoms with Crippen molar-refractivity contribution in [1.82, 2.24) is 0 Å². The highest BCUT2D eigenvalue weighted by Gasteiger charge is 2.24. The summed E-state index contributed by atoms with van der Waals surface area (Å²) in [5.74, 6) is 0. The van der Waals surface area contributed by atoms with Crippen LogP contribution < -0.4 is 0 Å². The van der Waals surface area contributed by atoms with Crippen LogP contribution in [0.1, 0.15) is 0 Å². The summed E-state index contributed by atoms with van der Waals surface area (Å²) in [6.07, 6.45) is 0. The summed E-state index contributed by atoms with van der Waals surface area (Å²) < 4.78 is 9.69. The summed E-state index contributed by atoms with van der Waals surface area (Å²) in [7, 11) is -0.0775. The average Bonchev–Trinajstić information content (AvgIpc) is 1.89. The van der Waals surface area contributed by atoms with Crippen LogP contribution in [0.4, 0.5) is 0 Å². The van der Waals surface area contributed by atoms with Gasteiger partial charge in [0.2, 0.25) is 0 Å². The molecule has 5 heteroatoms. The predicted octanol–water partition coefficient (Wildman–Crippen LogP) is -0.0269. The Balaban J connectivity index is 3.76. The second-order valence-electron chi connectivity index (χ2n) is 1.65. The summed E-state index contributed by atoms with van der Waals surface area (Å²) in [6.45, 7) is 5.27. The first-order chi connectivity index (χ1) is 4.18. The Morgan fingerprint density at radius 3 is 2.44 bits per heavy atom. The number of hydrogen-bond acceptors (Lipinski definition) is 3. The molecule has 0 amide bonds. The average molecular weight is 145 g/mol. The van der Waals surface area contributed by atoms with E-state index in [2.05, 4.69) is 6.58 Å². The van der Waals surface area contributed by atoms with Crippen LogP contribution in [0.25, 0.3) is 0 Å². The van der Waals surface area contributed by atoms with Gasteiger partial charge in [0.1, 0.15) is 0 Å². The van der Waals surface area contributed by atoms with Crippen molar-refractivity contribution in [2.45, 2.75) is 6.55 Å². The Kier molecular flexibility index (Phi) is 3.80. The normalized spacial score (nSPS) is 16.3. The third-order valence-electron chi connectivity index (χ3n) is 1.06. The zero-order valence-electron chi connectivity index (χ0n) is 5.63. The van der Waals surface area contributed by atoms with Gasteiger partial charge in [0, 0.05) is 7.11 Å². The zero-order valence-corrected chi connectivity index (χ0v) is 6.63. The number of hydrogen-bond donors (Lipinski definition) is 1. The fourth-order valence-corrected chi connectivity index (χ4v) is 0.853. The molecule has 0 fully saturated rings. The minimum atomic E-state index is -2.24. The van der Waals surface area contributed by atoms with E-state index in [-0.39, 0.29) is 0 Å². The Bertz CT molecular complexity index is 99.8. The lowest BCUT2D eigenvalue weighted by molar-refractivity contribution is 0.306. The van der Waals surface area contributed by atoms with E-state index < -0.39 is 8.56 Å². The van der Waals surface area contributed by atoms with Gasteiger partial charge in [-0.05, 0) is 6.55 Å². The van der Waals surface area contributed by atoms with E-state index in [4.69, 9.17) is 13.8 Å². The molecule has 0 rings (SSSR count). The van der Waals surface area contributed by atoms with Crippen LogP contribution in [0.5, 0.6) is 0 Å². The first-order valence-corrected chi connectivity index (χ1v) is 4.90. The molecule has 3 nitrogen and oxygen atoms in total. The first kappa shape index (κ1) is 8.90. The molecule has 0 aliphatic heterocycles. The summed E-state index contributed by atoms with van der Waals surface area (Å²) in [5.41, 5.74) is 1.58. The third kappa shape index (κ3) is 2.81. The smallest absolute Gasteiger partial charge is 0.432 e. The Morgan fingerprint density at radius 1 is 1.78 bits per heavy atom. The second kappa shape index (κ2) is 3.84. The zero-order chi connectivity index (χ0) is 7.33. The van der Waals surface area contributed by atoms with Crippen molar-refractivity contribution in [2.75, 3.05) is 7.11 Å². The molecule has 1 radical (unpaired) electrons.